The summed E-state index contributed by atoms with van der Waals surface area (Å²) in [6.45, 7) is 9.80. The van der Waals surface area contributed by atoms with Crippen LogP contribution in [0.2, 0.25) is 0 Å². The summed E-state index contributed by atoms with van der Waals surface area (Å²) in [6, 6.07) is 0.729. The summed E-state index contributed by atoms with van der Waals surface area (Å²) in [5.41, 5.74) is 0. The molecule has 0 bridgehead atoms. The van der Waals surface area contributed by atoms with Crippen molar-refractivity contribution in [2.24, 2.45) is 0 Å². The molecule has 0 aromatic rings. The fourth-order valence-corrected chi connectivity index (χ4v) is 2.13. The first-order chi connectivity index (χ1) is 6.70. The first kappa shape index (κ1) is 12.0. The van der Waals surface area contributed by atoms with E-state index in [1.54, 1.807) is 0 Å². The van der Waals surface area contributed by atoms with Crippen LogP contribution in [0.25, 0.3) is 0 Å². The van der Waals surface area contributed by atoms with Gasteiger partial charge in [0.15, 0.2) is 0 Å². The van der Waals surface area contributed by atoms with Gasteiger partial charge in [-0.2, -0.15) is 0 Å². The lowest BCUT2D eigenvalue weighted by Crippen LogP contribution is -2.34. The molecule has 2 heteroatoms. The summed E-state index contributed by atoms with van der Waals surface area (Å²) in [4.78, 5) is 5.11. The van der Waals surface area contributed by atoms with E-state index in [9.17, 15) is 0 Å². The molecule has 0 unspecified atom stereocenters. The minimum absolute atomic E-state index is 0.729. The summed E-state index contributed by atoms with van der Waals surface area (Å²) < 4.78 is 0. The van der Waals surface area contributed by atoms with E-state index < -0.39 is 0 Å². The summed E-state index contributed by atoms with van der Waals surface area (Å²) in [5, 5.41) is 0. The van der Waals surface area contributed by atoms with E-state index in [-0.39, 0.29) is 0 Å². The maximum atomic E-state index is 2.63. The number of nitrogens with zero attached hydrogens (tertiary/aromatic N) is 2. The Hall–Kier alpha value is -0.0800. The Morgan fingerprint density at radius 2 is 1.21 bits per heavy atom. The molecular weight excluding hydrogens is 172 g/mol. The standard InChI is InChI=1S/C12H26N2/c1-12(2)14-10-6-4-8-13(3)9-5-7-11-14/h12H,4-11H2,1-3H3. The van der Waals surface area contributed by atoms with Crippen LogP contribution in [0.15, 0.2) is 0 Å². The molecule has 0 atom stereocenters. The number of rotatable bonds is 1. The van der Waals surface area contributed by atoms with Crippen molar-refractivity contribution in [1.29, 1.82) is 0 Å². The molecule has 2 nitrogen and oxygen atoms in total. The van der Waals surface area contributed by atoms with Crippen LogP contribution in [0.3, 0.4) is 0 Å². The van der Waals surface area contributed by atoms with Crippen LogP contribution in [-0.2, 0) is 0 Å². The highest BCUT2D eigenvalue weighted by Gasteiger charge is 2.10. The Morgan fingerprint density at radius 1 is 0.786 bits per heavy atom. The van der Waals surface area contributed by atoms with Crippen molar-refractivity contribution >= 4 is 0 Å². The largest absolute Gasteiger partial charge is 0.306 e. The van der Waals surface area contributed by atoms with Crippen LogP contribution in [-0.4, -0.2) is 49.1 Å². The third kappa shape index (κ3) is 4.43. The van der Waals surface area contributed by atoms with Crippen LogP contribution in [0.5, 0.6) is 0 Å². The minimum Gasteiger partial charge on any atom is -0.306 e. The summed E-state index contributed by atoms with van der Waals surface area (Å²) in [6.07, 6.45) is 5.45. The second-order valence-corrected chi connectivity index (χ2v) is 4.85. The lowest BCUT2D eigenvalue weighted by molar-refractivity contribution is 0.193. The zero-order valence-corrected chi connectivity index (χ0v) is 10.1. The molecule has 0 aliphatic carbocycles. The van der Waals surface area contributed by atoms with Gasteiger partial charge in [-0.05, 0) is 72.8 Å². The Balaban J connectivity index is 2.31. The molecule has 0 aromatic heterocycles. The molecule has 0 N–H and O–H groups in total. The van der Waals surface area contributed by atoms with E-state index in [1.807, 2.05) is 0 Å². The van der Waals surface area contributed by atoms with E-state index in [0.29, 0.717) is 0 Å². The molecule has 1 saturated heterocycles. The van der Waals surface area contributed by atoms with Crippen LogP contribution < -0.4 is 0 Å². The van der Waals surface area contributed by atoms with E-state index in [1.165, 1.54) is 51.9 Å². The first-order valence-electron chi connectivity index (χ1n) is 6.13. The zero-order chi connectivity index (χ0) is 10.4. The molecule has 0 aromatic carbocycles. The highest BCUT2D eigenvalue weighted by Crippen LogP contribution is 2.07. The third-order valence-corrected chi connectivity index (χ3v) is 3.20. The second kappa shape index (κ2) is 6.41. The lowest BCUT2D eigenvalue weighted by atomic mass is 10.2. The van der Waals surface area contributed by atoms with Crippen LogP contribution in [0.1, 0.15) is 39.5 Å². The lowest BCUT2D eigenvalue weighted by Gasteiger charge is -2.28. The molecule has 0 amide bonds. The maximum Gasteiger partial charge on any atom is 0.00385 e. The summed E-state index contributed by atoms with van der Waals surface area (Å²) in [7, 11) is 2.25. The maximum absolute atomic E-state index is 2.63. The molecule has 1 rings (SSSR count). The molecule has 14 heavy (non-hydrogen) atoms. The molecule has 0 radical (unpaired) electrons. The van der Waals surface area contributed by atoms with Crippen LogP contribution in [0, 0.1) is 0 Å². The minimum atomic E-state index is 0.729. The van der Waals surface area contributed by atoms with Gasteiger partial charge in [-0.15, -0.1) is 0 Å². The average molecular weight is 198 g/mol. The molecule has 0 spiro atoms. The average Bonchev–Trinajstić information content (AvgIpc) is 2.15. The van der Waals surface area contributed by atoms with E-state index >= 15 is 0 Å². The van der Waals surface area contributed by atoms with Gasteiger partial charge >= 0.3 is 0 Å². The highest BCUT2D eigenvalue weighted by atomic mass is 15.1. The van der Waals surface area contributed by atoms with Gasteiger partial charge in [0.2, 0.25) is 0 Å². The second-order valence-electron chi connectivity index (χ2n) is 4.85. The molecular formula is C12H26N2. The quantitative estimate of drug-likeness (QED) is 0.637. The Labute approximate surface area is 89.3 Å². The summed E-state index contributed by atoms with van der Waals surface area (Å²) >= 11 is 0. The fraction of sp³-hybridized carbons (Fsp3) is 1.00. The van der Waals surface area contributed by atoms with Gasteiger partial charge in [0, 0.05) is 6.04 Å². The molecule has 1 fully saturated rings. The van der Waals surface area contributed by atoms with Crippen molar-refractivity contribution in [2.45, 2.75) is 45.6 Å². The Bertz CT molecular complexity index is 133. The van der Waals surface area contributed by atoms with E-state index in [4.69, 9.17) is 0 Å². The molecule has 0 saturated carbocycles. The summed E-state index contributed by atoms with van der Waals surface area (Å²) in [5.74, 6) is 0. The first-order valence-corrected chi connectivity index (χ1v) is 6.13. The van der Waals surface area contributed by atoms with Gasteiger partial charge in [0.05, 0.1) is 0 Å². The number of hydrogen-bond acceptors (Lipinski definition) is 2. The topological polar surface area (TPSA) is 6.48 Å². The van der Waals surface area contributed by atoms with E-state index in [2.05, 4.69) is 30.7 Å². The molecule has 1 aliphatic heterocycles. The van der Waals surface area contributed by atoms with Crippen LogP contribution in [0.4, 0.5) is 0 Å². The normalized spacial score (nSPS) is 24.0. The van der Waals surface area contributed by atoms with Gasteiger partial charge in [-0.25, -0.2) is 0 Å². The Morgan fingerprint density at radius 3 is 1.64 bits per heavy atom. The predicted octanol–water partition coefficient (Wildman–Crippen LogP) is 2.20. The van der Waals surface area contributed by atoms with Gasteiger partial charge in [-0.1, -0.05) is 0 Å². The Kier molecular flexibility index (Phi) is 5.49. The highest BCUT2D eigenvalue weighted by molar-refractivity contribution is 4.66. The number of hydrogen-bond donors (Lipinski definition) is 0. The predicted molar refractivity (Wildman–Crippen MR) is 62.7 cm³/mol. The smallest absolute Gasteiger partial charge is 0.00385 e. The third-order valence-electron chi connectivity index (χ3n) is 3.20. The van der Waals surface area contributed by atoms with Gasteiger partial charge in [0.25, 0.3) is 0 Å². The van der Waals surface area contributed by atoms with Crippen molar-refractivity contribution in [3.8, 4) is 0 Å². The fourth-order valence-electron chi connectivity index (χ4n) is 2.13. The monoisotopic (exact) mass is 198 g/mol. The van der Waals surface area contributed by atoms with Gasteiger partial charge < -0.3 is 9.80 Å². The van der Waals surface area contributed by atoms with Gasteiger partial charge in [0.1, 0.15) is 0 Å². The van der Waals surface area contributed by atoms with Crippen LogP contribution >= 0.6 is 0 Å². The van der Waals surface area contributed by atoms with Crippen molar-refractivity contribution < 1.29 is 0 Å². The van der Waals surface area contributed by atoms with Gasteiger partial charge in [-0.3, -0.25) is 0 Å². The SMILES string of the molecule is CC(C)N1CCCCN(C)CCCC1. The molecule has 1 aliphatic rings. The van der Waals surface area contributed by atoms with Crippen molar-refractivity contribution in [2.75, 3.05) is 33.2 Å². The zero-order valence-electron chi connectivity index (χ0n) is 10.1. The van der Waals surface area contributed by atoms with Crippen molar-refractivity contribution in [1.82, 2.24) is 9.80 Å². The van der Waals surface area contributed by atoms with Crippen molar-refractivity contribution in [3.63, 3.8) is 0 Å². The molecule has 84 valence electrons. The van der Waals surface area contributed by atoms with Crippen molar-refractivity contribution in [3.05, 3.63) is 0 Å². The van der Waals surface area contributed by atoms with E-state index in [0.717, 1.165) is 6.04 Å². The molecule has 1 heterocycles.